The summed E-state index contributed by atoms with van der Waals surface area (Å²) >= 11 is 0. The molecule has 3 aromatic rings. The zero-order chi connectivity index (χ0) is 19.3. The number of nitrogens with zero attached hydrogens (tertiary/aromatic N) is 2. The van der Waals surface area contributed by atoms with Gasteiger partial charge in [-0.3, -0.25) is 4.98 Å². The number of rotatable bonds is 5. The standard InChI is InChI=1S/C22H23N3O3/c26-21-9-2-1-5-17(21)14-25(15-18-7-4-12-28-18)22(27)24-20-8-3-6-16-13-23-11-10-19(16)20/h1-3,5-6,8-11,13,18,26H,4,7,12,14-15H2,(H,24,27)/t18-/m1/s1. The molecule has 4 rings (SSSR count). The molecule has 144 valence electrons. The highest BCUT2D eigenvalue weighted by atomic mass is 16.5. The second-order valence-corrected chi connectivity index (χ2v) is 6.98. The molecule has 1 aliphatic rings. The lowest BCUT2D eigenvalue weighted by Gasteiger charge is -2.26. The number of benzene rings is 2. The number of hydrogen-bond acceptors (Lipinski definition) is 4. The smallest absolute Gasteiger partial charge is 0.322 e. The van der Waals surface area contributed by atoms with Gasteiger partial charge in [0.15, 0.2) is 0 Å². The van der Waals surface area contributed by atoms with E-state index in [-0.39, 0.29) is 17.9 Å². The summed E-state index contributed by atoms with van der Waals surface area (Å²) in [5.74, 6) is 0.184. The van der Waals surface area contributed by atoms with Crippen LogP contribution in [0, 0.1) is 0 Å². The van der Waals surface area contributed by atoms with Crippen LogP contribution in [0.3, 0.4) is 0 Å². The van der Waals surface area contributed by atoms with Crippen LogP contribution in [-0.2, 0) is 11.3 Å². The lowest BCUT2D eigenvalue weighted by molar-refractivity contribution is 0.0817. The maximum atomic E-state index is 13.1. The minimum absolute atomic E-state index is 0.0216. The Bertz CT molecular complexity index is 965. The fourth-order valence-electron chi connectivity index (χ4n) is 3.53. The van der Waals surface area contributed by atoms with Crippen molar-refractivity contribution in [1.82, 2.24) is 9.88 Å². The molecular weight excluding hydrogens is 354 g/mol. The van der Waals surface area contributed by atoms with Crippen molar-refractivity contribution < 1.29 is 14.6 Å². The Labute approximate surface area is 163 Å². The molecule has 0 bridgehead atoms. The number of aromatic nitrogens is 1. The first kappa shape index (κ1) is 18.3. The first-order valence-electron chi connectivity index (χ1n) is 9.48. The molecule has 2 amide bonds. The maximum Gasteiger partial charge on any atom is 0.322 e. The molecule has 1 atom stereocenters. The van der Waals surface area contributed by atoms with Crippen molar-refractivity contribution in [2.24, 2.45) is 0 Å². The number of phenols is 1. The fourth-order valence-corrected chi connectivity index (χ4v) is 3.53. The van der Waals surface area contributed by atoms with Crippen molar-refractivity contribution in [3.05, 3.63) is 66.5 Å². The van der Waals surface area contributed by atoms with E-state index < -0.39 is 0 Å². The predicted octanol–water partition coefficient (Wildman–Crippen LogP) is 4.15. The van der Waals surface area contributed by atoms with E-state index >= 15 is 0 Å². The van der Waals surface area contributed by atoms with Crippen LogP contribution in [0.5, 0.6) is 5.75 Å². The van der Waals surface area contributed by atoms with Crippen LogP contribution in [0.2, 0.25) is 0 Å². The van der Waals surface area contributed by atoms with Gasteiger partial charge in [-0.25, -0.2) is 4.79 Å². The molecule has 0 spiro atoms. The predicted molar refractivity (Wildman–Crippen MR) is 108 cm³/mol. The van der Waals surface area contributed by atoms with Crippen LogP contribution < -0.4 is 5.32 Å². The van der Waals surface area contributed by atoms with Crippen LogP contribution in [0.4, 0.5) is 10.5 Å². The highest BCUT2D eigenvalue weighted by Gasteiger charge is 2.24. The first-order valence-corrected chi connectivity index (χ1v) is 9.48. The summed E-state index contributed by atoms with van der Waals surface area (Å²) in [6.07, 6.45) is 5.45. The molecule has 0 aliphatic carbocycles. The number of fused-ring (bicyclic) bond motifs is 1. The van der Waals surface area contributed by atoms with Gasteiger partial charge in [0.2, 0.25) is 0 Å². The second kappa shape index (κ2) is 8.27. The van der Waals surface area contributed by atoms with Gasteiger partial charge in [-0.05, 0) is 31.0 Å². The van der Waals surface area contributed by atoms with Crippen LogP contribution >= 0.6 is 0 Å². The average Bonchev–Trinajstić information content (AvgIpc) is 3.22. The van der Waals surface area contributed by atoms with Gasteiger partial charge in [0.25, 0.3) is 0 Å². The van der Waals surface area contributed by atoms with E-state index in [0.29, 0.717) is 18.7 Å². The molecule has 0 unspecified atom stereocenters. The lowest BCUT2D eigenvalue weighted by Crippen LogP contribution is -2.39. The summed E-state index contributed by atoms with van der Waals surface area (Å²) in [6, 6.07) is 14.5. The van der Waals surface area contributed by atoms with Crippen molar-refractivity contribution in [2.75, 3.05) is 18.5 Å². The van der Waals surface area contributed by atoms with E-state index in [9.17, 15) is 9.90 Å². The third-order valence-electron chi connectivity index (χ3n) is 5.01. The summed E-state index contributed by atoms with van der Waals surface area (Å²) in [4.78, 5) is 19.0. The van der Waals surface area contributed by atoms with E-state index in [1.165, 1.54) is 0 Å². The number of amides is 2. The Kier molecular flexibility index (Phi) is 5.39. The Morgan fingerprint density at radius 2 is 2.11 bits per heavy atom. The molecule has 1 saturated heterocycles. The number of carbonyl (C=O) groups is 1. The van der Waals surface area contributed by atoms with E-state index in [0.717, 1.165) is 35.9 Å². The Morgan fingerprint density at radius 3 is 2.93 bits per heavy atom. The number of pyridine rings is 1. The number of ether oxygens (including phenoxy) is 1. The summed E-state index contributed by atoms with van der Waals surface area (Å²) in [5.41, 5.74) is 1.44. The van der Waals surface area contributed by atoms with Gasteiger partial charge in [-0.15, -0.1) is 0 Å². The molecule has 1 aliphatic heterocycles. The average molecular weight is 377 g/mol. The molecule has 1 fully saturated rings. The number of anilines is 1. The molecule has 0 radical (unpaired) electrons. The molecule has 1 aromatic heterocycles. The third-order valence-corrected chi connectivity index (χ3v) is 5.01. The van der Waals surface area contributed by atoms with E-state index in [4.69, 9.17) is 4.74 Å². The van der Waals surface area contributed by atoms with Crippen LogP contribution in [0.1, 0.15) is 18.4 Å². The molecule has 6 heteroatoms. The lowest BCUT2D eigenvalue weighted by atomic mass is 10.1. The molecule has 6 nitrogen and oxygen atoms in total. The van der Waals surface area contributed by atoms with Crippen LogP contribution in [0.25, 0.3) is 10.8 Å². The van der Waals surface area contributed by atoms with E-state index in [2.05, 4.69) is 10.3 Å². The largest absolute Gasteiger partial charge is 0.508 e. The van der Waals surface area contributed by atoms with Gasteiger partial charge in [0, 0.05) is 41.9 Å². The van der Waals surface area contributed by atoms with Crippen LogP contribution in [0.15, 0.2) is 60.9 Å². The topological polar surface area (TPSA) is 74.7 Å². The summed E-state index contributed by atoms with van der Waals surface area (Å²) in [5, 5.41) is 15.1. The highest BCUT2D eigenvalue weighted by Crippen LogP contribution is 2.24. The Hall–Kier alpha value is -3.12. The summed E-state index contributed by atoms with van der Waals surface area (Å²) < 4.78 is 5.73. The number of nitrogens with one attached hydrogen (secondary N) is 1. The molecule has 2 N–H and O–H groups in total. The number of hydrogen-bond donors (Lipinski definition) is 2. The number of para-hydroxylation sites is 1. The molecule has 2 heterocycles. The Balaban J connectivity index is 1.57. The van der Waals surface area contributed by atoms with Crippen molar-refractivity contribution in [2.45, 2.75) is 25.5 Å². The normalized spacial score (nSPS) is 16.2. The van der Waals surface area contributed by atoms with Gasteiger partial charge in [-0.1, -0.05) is 30.3 Å². The van der Waals surface area contributed by atoms with Gasteiger partial charge in [0.05, 0.1) is 18.3 Å². The number of urea groups is 1. The maximum absolute atomic E-state index is 13.1. The summed E-state index contributed by atoms with van der Waals surface area (Å²) in [7, 11) is 0. The fraction of sp³-hybridized carbons (Fsp3) is 0.273. The van der Waals surface area contributed by atoms with Gasteiger partial charge >= 0.3 is 6.03 Å². The van der Waals surface area contributed by atoms with Gasteiger partial charge in [0.1, 0.15) is 5.75 Å². The SMILES string of the molecule is O=C(Nc1cccc2cnccc12)N(Cc1ccccc1O)C[C@H]1CCCO1. The minimum Gasteiger partial charge on any atom is -0.508 e. The Morgan fingerprint density at radius 1 is 1.21 bits per heavy atom. The van der Waals surface area contributed by atoms with E-state index in [1.807, 2.05) is 36.4 Å². The second-order valence-electron chi connectivity index (χ2n) is 6.98. The zero-order valence-electron chi connectivity index (χ0n) is 15.5. The number of carbonyl (C=O) groups excluding carboxylic acids is 1. The first-order chi connectivity index (χ1) is 13.7. The van der Waals surface area contributed by atoms with Crippen molar-refractivity contribution in [3.63, 3.8) is 0 Å². The van der Waals surface area contributed by atoms with Crippen molar-refractivity contribution in [3.8, 4) is 5.75 Å². The molecule has 2 aromatic carbocycles. The number of phenolic OH excluding ortho intramolecular Hbond substituents is 1. The van der Waals surface area contributed by atoms with Gasteiger partial charge in [-0.2, -0.15) is 0 Å². The van der Waals surface area contributed by atoms with Crippen LogP contribution in [-0.4, -0.2) is 40.3 Å². The molecular formula is C22H23N3O3. The minimum atomic E-state index is -0.219. The monoisotopic (exact) mass is 377 g/mol. The third kappa shape index (κ3) is 4.07. The zero-order valence-corrected chi connectivity index (χ0v) is 15.5. The number of aromatic hydroxyl groups is 1. The van der Waals surface area contributed by atoms with Crippen molar-refractivity contribution >= 4 is 22.5 Å². The van der Waals surface area contributed by atoms with E-state index in [1.54, 1.807) is 29.4 Å². The van der Waals surface area contributed by atoms with Gasteiger partial charge < -0.3 is 20.1 Å². The quantitative estimate of drug-likeness (QED) is 0.700. The molecule has 28 heavy (non-hydrogen) atoms. The van der Waals surface area contributed by atoms with Crippen molar-refractivity contribution in [1.29, 1.82) is 0 Å². The molecule has 0 saturated carbocycles. The summed E-state index contributed by atoms with van der Waals surface area (Å²) in [6.45, 7) is 1.52. The highest BCUT2D eigenvalue weighted by molar-refractivity contribution is 6.01.